The van der Waals surface area contributed by atoms with Gasteiger partial charge in [-0.2, -0.15) is 10.1 Å². The normalized spacial score (nSPS) is 19.5. The molecule has 2 aliphatic rings. The first kappa shape index (κ1) is 26.2. The van der Waals surface area contributed by atoms with Gasteiger partial charge in [0.2, 0.25) is 5.95 Å². The lowest BCUT2D eigenvalue weighted by atomic mass is 9.91. The molecule has 2 atom stereocenters. The van der Waals surface area contributed by atoms with Gasteiger partial charge >= 0.3 is 0 Å². The molecule has 2 fully saturated rings. The van der Waals surface area contributed by atoms with E-state index >= 15 is 0 Å². The van der Waals surface area contributed by atoms with Crippen molar-refractivity contribution in [2.75, 3.05) is 18.5 Å². The molecule has 0 aromatic carbocycles. The summed E-state index contributed by atoms with van der Waals surface area (Å²) in [5, 5.41) is 18.4. The van der Waals surface area contributed by atoms with Crippen LogP contribution in [0.1, 0.15) is 63.5 Å². The SMILES string of the molecule is Cn1c(Nc2cc(C(C)(C)C)n([C@H]3CCO[C@H]3CO)n2)nc2ncc(Oc3cnc4cnc(C5CC5)n4c3)c(Cl)c21. The van der Waals surface area contributed by atoms with Crippen molar-refractivity contribution in [2.45, 2.75) is 63.5 Å². The zero-order valence-corrected chi connectivity index (χ0v) is 24.1. The van der Waals surface area contributed by atoms with Gasteiger partial charge in [-0.3, -0.25) is 9.08 Å². The van der Waals surface area contributed by atoms with Crippen LogP contribution >= 0.6 is 11.6 Å². The van der Waals surface area contributed by atoms with E-state index in [2.05, 4.69) is 46.0 Å². The minimum Gasteiger partial charge on any atom is -0.451 e. The Morgan fingerprint density at radius 2 is 1.98 bits per heavy atom. The van der Waals surface area contributed by atoms with Crippen LogP contribution in [0, 0.1) is 0 Å². The highest BCUT2D eigenvalue weighted by atomic mass is 35.5. The lowest BCUT2D eigenvalue weighted by Crippen LogP contribution is -2.29. The van der Waals surface area contributed by atoms with Gasteiger partial charge < -0.3 is 24.5 Å². The highest BCUT2D eigenvalue weighted by molar-refractivity contribution is 6.36. The first-order chi connectivity index (χ1) is 19.7. The Hall–Kier alpha value is -3.74. The van der Waals surface area contributed by atoms with E-state index in [4.69, 9.17) is 26.2 Å². The fourth-order valence-corrected chi connectivity index (χ4v) is 5.78. The van der Waals surface area contributed by atoms with Gasteiger partial charge in [0.05, 0.1) is 37.4 Å². The maximum atomic E-state index is 9.83. The number of hydrogen-bond donors (Lipinski definition) is 2. The molecule has 12 nitrogen and oxygen atoms in total. The van der Waals surface area contributed by atoms with Gasteiger partial charge in [0.15, 0.2) is 28.6 Å². The maximum Gasteiger partial charge on any atom is 0.210 e. The van der Waals surface area contributed by atoms with Crippen molar-refractivity contribution in [1.82, 2.24) is 38.7 Å². The molecule has 1 aliphatic carbocycles. The first-order valence-corrected chi connectivity index (χ1v) is 14.2. The molecule has 41 heavy (non-hydrogen) atoms. The largest absolute Gasteiger partial charge is 0.451 e. The number of imidazole rings is 2. The van der Waals surface area contributed by atoms with Gasteiger partial charge in [-0.1, -0.05) is 32.4 Å². The highest BCUT2D eigenvalue weighted by Crippen LogP contribution is 2.40. The Morgan fingerprint density at radius 3 is 2.73 bits per heavy atom. The number of aryl methyl sites for hydroxylation is 1. The van der Waals surface area contributed by atoms with Crippen molar-refractivity contribution in [1.29, 1.82) is 0 Å². The number of rotatable bonds is 7. The number of aliphatic hydroxyl groups is 1. The Morgan fingerprint density at radius 1 is 1.15 bits per heavy atom. The predicted octanol–water partition coefficient (Wildman–Crippen LogP) is 4.89. The second-order valence-electron chi connectivity index (χ2n) is 11.8. The van der Waals surface area contributed by atoms with Crippen molar-refractivity contribution in [3.63, 3.8) is 0 Å². The molecule has 1 saturated heterocycles. The third-order valence-corrected chi connectivity index (χ3v) is 8.14. The van der Waals surface area contributed by atoms with E-state index < -0.39 is 0 Å². The Labute approximate surface area is 241 Å². The summed E-state index contributed by atoms with van der Waals surface area (Å²) in [4.78, 5) is 18.2. The number of pyridine rings is 1. The molecule has 7 rings (SSSR count). The van der Waals surface area contributed by atoms with Crippen LogP contribution in [-0.4, -0.2) is 63.1 Å². The molecular formula is C28H32ClN9O3. The summed E-state index contributed by atoms with van der Waals surface area (Å²) in [6.07, 6.45) is 9.68. The number of hydrogen-bond acceptors (Lipinski definition) is 9. The van der Waals surface area contributed by atoms with Crippen molar-refractivity contribution in [2.24, 2.45) is 7.05 Å². The van der Waals surface area contributed by atoms with Crippen LogP contribution in [0.5, 0.6) is 11.5 Å². The van der Waals surface area contributed by atoms with E-state index in [-0.39, 0.29) is 24.2 Å². The monoisotopic (exact) mass is 577 g/mol. The average molecular weight is 578 g/mol. The summed E-state index contributed by atoms with van der Waals surface area (Å²) < 4.78 is 17.7. The van der Waals surface area contributed by atoms with Gasteiger partial charge in [0, 0.05) is 36.7 Å². The molecule has 214 valence electrons. The summed E-state index contributed by atoms with van der Waals surface area (Å²) >= 11 is 6.86. The van der Waals surface area contributed by atoms with Crippen molar-refractivity contribution in [3.05, 3.63) is 47.4 Å². The van der Waals surface area contributed by atoms with Gasteiger partial charge in [-0.05, 0) is 19.3 Å². The van der Waals surface area contributed by atoms with Crippen LogP contribution in [-0.2, 0) is 17.2 Å². The third-order valence-electron chi connectivity index (χ3n) is 7.77. The topological polar surface area (TPSA) is 129 Å². The fourth-order valence-electron chi connectivity index (χ4n) is 5.48. The standard InChI is InChI=1S/C28H32ClN9O3/c1-28(2,3)20-9-21(35-38(20)17-7-8-40-19(17)14-39)33-27-34-25-24(36(27)4)23(29)18(11-31-25)41-16-10-30-22-12-32-26(15-5-6-15)37(22)13-16/h9-13,15,17,19,39H,5-8,14H2,1-4H3,(H,31,33,34,35)/t17-,19-/m0/s1. The summed E-state index contributed by atoms with van der Waals surface area (Å²) in [6.45, 7) is 6.96. The van der Waals surface area contributed by atoms with E-state index in [1.807, 2.05) is 33.0 Å². The maximum absolute atomic E-state index is 9.83. The van der Waals surface area contributed by atoms with Crippen LogP contribution < -0.4 is 10.1 Å². The number of aliphatic hydroxyl groups excluding tert-OH is 1. The summed E-state index contributed by atoms with van der Waals surface area (Å²) in [5.41, 5.74) is 2.75. The van der Waals surface area contributed by atoms with Crippen LogP contribution in [0.25, 0.3) is 16.8 Å². The Bertz CT molecular complexity index is 1770. The molecule has 13 heteroatoms. The predicted molar refractivity (Wildman–Crippen MR) is 153 cm³/mol. The Balaban J connectivity index is 1.19. The molecule has 1 aliphatic heterocycles. The minimum absolute atomic E-state index is 0.0441. The molecule has 0 spiro atoms. The quantitative estimate of drug-likeness (QED) is 0.277. The molecule has 6 heterocycles. The fraction of sp³-hybridized carbons (Fsp3) is 0.464. The number of nitrogens with zero attached hydrogens (tertiary/aromatic N) is 8. The van der Waals surface area contributed by atoms with Crippen LogP contribution in [0.2, 0.25) is 5.02 Å². The number of anilines is 2. The van der Waals surface area contributed by atoms with E-state index in [0.717, 1.165) is 36.4 Å². The zero-order valence-electron chi connectivity index (χ0n) is 23.4. The summed E-state index contributed by atoms with van der Waals surface area (Å²) in [7, 11) is 1.87. The van der Waals surface area contributed by atoms with Crippen LogP contribution in [0.15, 0.2) is 30.9 Å². The summed E-state index contributed by atoms with van der Waals surface area (Å²) in [6, 6.07) is 1.97. The summed E-state index contributed by atoms with van der Waals surface area (Å²) in [5.74, 6) is 3.59. The lowest BCUT2D eigenvalue weighted by molar-refractivity contribution is 0.0391. The minimum atomic E-state index is -0.286. The smallest absolute Gasteiger partial charge is 0.210 e. The van der Waals surface area contributed by atoms with Gasteiger partial charge in [-0.15, -0.1) is 0 Å². The molecule has 0 radical (unpaired) electrons. The molecule has 0 unspecified atom stereocenters. The zero-order chi connectivity index (χ0) is 28.5. The highest BCUT2D eigenvalue weighted by Gasteiger charge is 2.34. The van der Waals surface area contributed by atoms with Crippen molar-refractivity contribution in [3.8, 4) is 11.5 Å². The van der Waals surface area contributed by atoms with Crippen molar-refractivity contribution >= 4 is 40.2 Å². The van der Waals surface area contributed by atoms with Crippen molar-refractivity contribution < 1.29 is 14.6 Å². The second-order valence-corrected chi connectivity index (χ2v) is 12.2. The van der Waals surface area contributed by atoms with Crippen LogP contribution in [0.3, 0.4) is 0 Å². The van der Waals surface area contributed by atoms with Gasteiger partial charge in [0.25, 0.3) is 0 Å². The molecule has 5 aromatic heterocycles. The molecule has 5 aromatic rings. The lowest BCUT2D eigenvalue weighted by Gasteiger charge is -2.25. The molecule has 2 N–H and O–H groups in total. The number of halogens is 1. The molecular weight excluding hydrogens is 546 g/mol. The van der Waals surface area contributed by atoms with E-state index in [9.17, 15) is 5.11 Å². The number of nitrogens with one attached hydrogen (secondary N) is 1. The van der Waals surface area contributed by atoms with Gasteiger partial charge in [-0.25, -0.2) is 15.0 Å². The van der Waals surface area contributed by atoms with E-state index in [1.165, 1.54) is 0 Å². The molecule has 0 bridgehead atoms. The Kier molecular flexibility index (Phi) is 6.18. The number of fused-ring (bicyclic) bond motifs is 2. The third kappa shape index (κ3) is 4.59. The van der Waals surface area contributed by atoms with Crippen LogP contribution in [0.4, 0.5) is 11.8 Å². The molecule has 0 amide bonds. The number of ether oxygens (including phenoxy) is 2. The molecule has 1 saturated carbocycles. The van der Waals surface area contributed by atoms with Gasteiger partial charge in [0.1, 0.15) is 22.5 Å². The average Bonchev–Trinajstić information content (AvgIpc) is 3.28. The van der Waals surface area contributed by atoms with E-state index in [1.54, 1.807) is 18.6 Å². The second kappa shape index (κ2) is 9.68. The van der Waals surface area contributed by atoms with E-state index in [0.29, 0.717) is 52.0 Å². The number of aromatic nitrogens is 8. The first-order valence-electron chi connectivity index (χ1n) is 13.8.